The highest BCUT2D eigenvalue weighted by Crippen LogP contribution is 2.25. The Bertz CT molecular complexity index is 370. The lowest BCUT2D eigenvalue weighted by atomic mass is 9.98. The second-order valence-electron chi connectivity index (χ2n) is 5.06. The van der Waals surface area contributed by atoms with Crippen molar-refractivity contribution in [1.29, 1.82) is 5.26 Å². The van der Waals surface area contributed by atoms with Crippen LogP contribution in [0, 0.1) is 17.2 Å². The highest BCUT2D eigenvalue weighted by Gasteiger charge is 2.17. The van der Waals surface area contributed by atoms with E-state index in [1.807, 2.05) is 6.92 Å². The Hall–Kier alpha value is -0.920. The van der Waals surface area contributed by atoms with Crippen molar-refractivity contribution in [3.63, 3.8) is 0 Å². The van der Waals surface area contributed by atoms with E-state index in [1.54, 1.807) is 11.3 Å². The van der Waals surface area contributed by atoms with Crippen molar-refractivity contribution >= 4 is 11.3 Å². The number of nitriles is 1. The highest BCUT2D eigenvalue weighted by atomic mass is 32.1. The van der Waals surface area contributed by atoms with Crippen LogP contribution in [0.3, 0.4) is 0 Å². The standard InChI is InChI=1S/C12H19N3S/c1-9(5-13)6-14-7-10-8-16-11(15-10)12(2,3)4/h8-9,14H,6-7H2,1-4H3. The van der Waals surface area contributed by atoms with Gasteiger partial charge in [0.2, 0.25) is 0 Å². The van der Waals surface area contributed by atoms with Crippen LogP contribution >= 0.6 is 11.3 Å². The molecule has 0 saturated heterocycles. The van der Waals surface area contributed by atoms with Gasteiger partial charge in [-0.15, -0.1) is 11.3 Å². The largest absolute Gasteiger partial charge is 0.310 e. The van der Waals surface area contributed by atoms with Crippen LogP contribution in [0.5, 0.6) is 0 Å². The number of thiazole rings is 1. The summed E-state index contributed by atoms with van der Waals surface area (Å²) in [5.41, 5.74) is 1.20. The second kappa shape index (κ2) is 5.42. The lowest BCUT2D eigenvalue weighted by molar-refractivity contribution is 0.571. The third kappa shape index (κ3) is 3.92. The zero-order chi connectivity index (χ0) is 12.2. The topological polar surface area (TPSA) is 48.7 Å². The van der Waals surface area contributed by atoms with Crippen LogP contribution in [0.15, 0.2) is 5.38 Å². The van der Waals surface area contributed by atoms with Crippen molar-refractivity contribution in [2.75, 3.05) is 6.54 Å². The molecular formula is C12H19N3S. The smallest absolute Gasteiger partial charge is 0.0982 e. The molecule has 0 amide bonds. The van der Waals surface area contributed by atoms with Gasteiger partial charge in [-0.1, -0.05) is 20.8 Å². The number of hydrogen-bond donors (Lipinski definition) is 1. The van der Waals surface area contributed by atoms with E-state index >= 15 is 0 Å². The molecule has 16 heavy (non-hydrogen) atoms. The van der Waals surface area contributed by atoms with Gasteiger partial charge < -0.3 is 5.32 Å². The molecule has 0 saturated carbocycles. The van der Waals surface area contributed by atoms with E-state index in [1.165, 1.54) is 0 Å². The van der Waals surface area contributed by atoms with Crippen LogP contribution in [0.25, 0.3) is 0 Å². The van der Waals surface area contributed by atoms with Crippen molar-refractivity contribution in [2.24, 2.45) is 5.92 Å². The predicted molar refractivity (Wildman–Crippen MR) is 67.3 cm³/mol. The SMILES string of the molecule is CC(C#N)CNCc1csc(C(C)(C)C)n1. The van der Waals surface area contributed by atoms with E-state index in [9.17, 15) is 0 Å². The van der Waals surface area contributed by atoms with Gasteiger partial charge in [-0.3, -0.25) is 0 Å². The Morgan fingerprint density at radius 1 is 1.56 bits per heavy atom. The number of nitrogens with zero attached hydrogens (tertiary/aromatic N) is 2. The van der Waals surface area contributed by atoms with Crippen LogP contribution in [0.2, 0.25) is 0 Å². The summed E-state index contributed by atoms with van der Waals surface area (Å²) in [6.07, 6.45) is 0. The Balaban J connectivity index is 2.45. The molecule has 1 heterocycles. The Morgan fingerprint density at radius 3 is 2.75 bits per heavy atom. The quantitative estimate of drug-likeness (QED) is 0.876. The van der Waals surface area contributed by atoms with Crippen molar-refractivity contribution in [1.82, 2.24) is 10.3 Å². The number of aromatic nitrogens is 1. The molecule has 0 fully saturated rings. The Labute approximate surface area is 102 Å². The fourth-order valence-corrected chi connectivity index (χ4v) is 2.10. The molecule has 1 N–H and O–H groups in total. The molecule has 1 unspecified atom stereocenters. The minimum atomic E-state index is 0.0562. The van der Waals surface area contributed by atoms with E-state index in [-0.39, 0.29) is 11.3 Å². The van der Waals surface area contributed by atoms with Crippen LogP contribution in [0.4, 0.5) is 0 Å². The van der Waals surface area contributed by atoms with Gasteiger partial charge in [0, 0.05) is 23.9 Å². The van der Waals surface area contributed by atoms with Gasteiger partial charge in [-0.05, 0) is 6.92 Å². The summed E-state index contributed by atoms with van der Waals surface area (Å²) in [6, 6.07) is 2.20. The summed E-state index contributed by atoms with van der Waals surface area (Å²) in [6.45, 7) is 9.88. The van der Waals surface area contributed by atoms with Crippen LogP contribution < -0.4 is 5.32 Å². The molecule has 1 aromatic rings. The Morgan fingerprint density at radius 2 is 2.25 bits per heavy atom. The first kappa shape index (κ1) is 13.1. The van der Waals surface area contributed by atoms with Crippen molar-refractivity contribution in [3.05, 3.63) is 16.1 Å². The molecule has 1 atom stereocenters. The Kier molecular flexibility index (Phi) is 4.45. The van der Waals surface area contributed by atoms with Gasteiger partial charge in [-0.2, -0.15) is 5.26 Å². The van der Waals surface area contributed by atoms with Gasteiger partial charge in [0.15, 0.2) is 0 Å². The maximum atomic E-state index is 8.64. The average Bonchev–Trinajstić information content (AvgIpc) is 2.65. The molecule has 0 bridgehead atoms. The second-order valence-corrected chi connectivity index (χ2v) is 5.91. The summed E-state index contributed by atoms with van der Waals surface area (Å²) in [5.74, 6) is 0.0562. The van der Waals surface area contributed by atoms with Crippen LogP contribution in [0.1, 0.15) is 38.4 Å². The highest BCUT2D eigenvalue weighted by molar-refractivity contribution is 7.09. The van der Waals surface area contributed by atoms with Crippen LogP contribution in [-0.4, -0.2) is 11.5 Å². The summed E-state index contributed by atoms with van der Waals surface area (Å²) >= 11 is 1.70. The van der Waals surface area contributed by atoms with Crippen molar-refractivity contribution < 1.29 is 0 Å². The zero-order valence-electron chi connectivity index (χ0n) is 10.4. The maximum Gasteiger partial charge on any atom is 0.0982 e. The van der Waals surface area contributed by atoms with E-state index in [4.69, 9.17) is 5.26 Å². The van der Waals surface area contributed by atoms with E-state index in [0.717, 1.165) is 23.8 Å². The fourth-order valence-electron chi connectivity index (χ4n) is 1.20. The molecule has 0 aromatic carbocycles. The summed E-state index contributed by atoms with van der Waals surface area (Å²) in [7, 11) is 0. The first-order valence-electron chi connectivity index (χ1n) is 5.48. The van der Waals surface area contributed by atoms with Gasteiger partial charge in [0.05, 0.1) is 22.7 Å². The fraction of sp³-hybridized carbons (Fsp3) is 0.667. The summed E-state index contributed by atoms with van der Waals surface area (Å²) in [5, 5.41) is 15.1. The van der Waals surface area contributed by atoms with Gasteiger partial charge >= 0.3 is 0 Å². The molecule has 0 radical (unpaired) electrons. The number of nitrogens with one attached hydrogen (secondary N) is 1. The third-order valence-corrected chi connectivity index (χ3v) is 3.49. The number of rotatable bonds is 4. The first-order chi connectivity index (χ1) is 7.43. The average molecular weight is 237 g/mol. The molecular weight excluding hydrogens is 218 g/mol. The van der Waals surface area contributed by atoms with E-state index in [2.05, 4.69) is 42.5 Å². The monoisotopic (exact) mass is 237 g/mol. The molecule has 0 aliphatic heterocycles. The molecule has 3 nitrogen and oxygen atoms in total. The molecule has 1 rings (SSSR count). The van der Waals surface area contributed by atoms with Crippen molar-refractivity contribution in [3.8, 4) is 6.07 Å². The first-order valence-corrected chi connectivity index (χ1v) is 6.36. The van der Waals surface area contributed by atoms with Gasteiger partial charge in [-0.25, -0.2) is 4.98 Å². The third-order valence-electron chi connectivity index (χ3n) is 2.17. The molecule has 0 aliphatic carbocycles. The lowest BCUT2D eigenvalue weighted by Crippen LogP contribution is -2.20. The molecule has 1 aromatic heterocycles. The van der Waals surface area contributed by atoms with Gasteiger partial charge in [0.1, 0.15) is 0 Å². The minimum absolute atomic E-state index is 0.0562. The zero-order valence-corrected chi connectivity index (χ0v) is 11.2. The predicted octanol–water partition coefficient (Wildman–Crippen LogP) is 2.69. The maximum absolute atomic E-state index is 8.64. The summed E-state index contributed by atoms with van der Waals surface area (Å²) < 4.78 is 0. The van der Waals surface area contributed by atoms with E-state index in [0.29, 0.717) is 0 Å². The van der Waals surface area contributed by atoms with Crippen LogP contribution in [-0.2, 0) is 12.0 Å². The summed E-state index contributed by atoms with van der Waals surface area (Å²) in [4.78, 5) is 4.58. The molecule has 0 spiro atoms. The van der Waals surface area contributed by atoms with E-state index < -0.39 is 0 Å². The van der Waals surface area contributed by atoms with Crippen molar-refractivity contribution in [2.45, 2.75) is 39.7 Å². The molecule has 4 heteroatoms. The molecule has 88 valence electrons. The molecule has 0 aliphatic rings. The lowest BCUT2D eigenvalue weighted by Gasteiger charge is -2.13. The normalized spacial score (nSPS) is 13.4. The minimum Gasteiger partial charge on any atom is -0.310 e. The number of hydrogen-bond acceptors (Lipinski definition) is 4. The van der Waals surface area contributed by atoms with Gasteiger partial charge in [0.25, 0.3) is 0 Å².